The first-order chi connectivity index (χ1) is 8.70. The van der Waals surface area contributed by atoms with Crippen LogP contribution in [-0.2, 0) is 5.41 Å². The number of carbonyl (C=O) groups is 1. The van der Waals surface area contributed by atoms with Gasteiger partial charge in [-0.1, -0.05) is 20.8 Å². The number of nitrogens with zero attached hydrogens (tertiary/aromatic N) is 4. The van der Waals surface area contributed by atoms with Gasteiger partial charge in [0, 0.05) is 24.9 Å². The van der Waals surface area contributed by atoms with Crippen molar-refractivity contribution in [3.63, 3.8) is 0 Å². The molecule has 0 aliphatic heterocycles. The Balaban J connectivity index is 2.70. The Hall–Kier alpha value is -1.63. The van der Waals surface area contributed by atoms with E-state index in [0.29, 0.717) is 16.1 Å². The molecule has 6 nitrogen and oxygen atoms in total. The summed E-state index contributed by atoms with van der Waals surface area (Å²) in [6, 6.07) is 0. The predicted octanol–water partition coefficient (Wildman–Crippen LogP) is 2.90. The minimum Gasteiger partial charge on any atom is -0.465 e. The molecule has 2 aromatic heterocycles. The average molecular weight is 327 g/mol. The van der Waals surface area contributed by atoms with Crippen LogP contribution in [0.2, 0.25) is 0 Å². The number of fused-ring (bicyclic) bond motifs is 1. The molecular formula is C12H15BrN4O2. The van der Waals surface area contributed by atoms with Gasteiger partial charge in [-0.3, -0.25) is 4.90 Å². The molecule has 102 valence electrons. The molecule has 0 aliphatic rings. The number of aromatic nitrogens is 3. The van der Waals surface area contributed by atoms with Crippen LogP contribution in [0.3, 0.4) is 0 Å². The summed E-state index contributed by atoms with van der Waals surface area (Å²) >= 11 is 3.28. The zero-order valence-electron chi connectivity index (χ0n) is 11.2. The van der Waals surface area contributed by atoms with Crippen molar-refractivity contribution in [2.45, 2.75) is 26.2 Å². The van der Waals surface area contributed by atoms with E-state index in [0.717, 1.165) is 10.6 Å². The Kier molecular flexibility index (Phi) is 3.25. The van der Waals surface area contributed by atoms with E-state index in [4.69, 9.17) is 5.11 Å². The van der Waals surface area contributed by atoms with E-state index in [2.05, 4.69) is 46.7 Å². The largest absolute Gasteiger partial charge is 0.465 e. The number of amides is 1. The summed E-state index contributed by atoms with van der Waals surface area (Å²) < 4.78 is 2.34. The molecule has 2 heterocycles. The number of hydrogen-bond acceptors (Lipinski definition) is 3. The number of hydrogen-bond donors (Lipinski definition) is 1. The van der Waals surface area contributed by atoms with Gasteiger partial charge < -0.3 is 9.51 Å². The first kappa shape index (κ1) is 13.8. The predicted molar refractivity (Wildman–Crippen MR) is 75.8 cm³/mol. The van der Waals surface area contributed by atoms with E-state index < -0.39 is 6.09 Å². The Morgan fingerprint density at radius 2 is 2.00 bits per heavy atom. The molecule has 0 unspecified atom stereocenters. The highest BCUT2D eigenvalue weighted by Crippen LogP contribution is 2.26. The molecule has 0 saturated carbocycles. The van der Waals surface area contributed by atoms with E-state index in [1.807, 2.05) is 6.20 Å². The standard InChI is InChI=1S/C12H15BrN4O2/c1-12(2,3)7-5-17-6-8(13)15-9(10(17)14-7)16(4)11(18)19/h5-6H,1-4H3,(H,18,19). The van der Waals surface area contributed by atoms with Crippen LogP contribution < -0.4 is 4.90 Å². The highest BCUT2D eigenvalue weighted by molar-refractivity contribution is 9.10. The SMILES string of the molecule is CN(C(=O)O)c1nc(Br)cn2cc(C(C)(C)C)nc12. The summed E-state index contributed by atoms with van der Waals surface area (Å²) in [5.74, 6) is 0.303. The number of rotatable bonds is 1. The molecule has 19 heavy (non-hydrogen) atoms. The zero-order chi connectivity index (χ0) is 14.4. The molecule has 1 N–H and O–H groups in total. The van der Waals surface area contributed by atoms with Crippen molar-refractivity contribution in [2.24, 2.45) is 0 Å². The van der Waals surface area contributed by atoms with Crippen LogP contribution in [0.15, 0.2) is 17.0 Å². The quantitative estimate of drug-likeness (QED) is 0.874. The fourth-order valence-electron chi connectivity index (χ4n) is 1.63. The molecular weight excluding hydrogens is 312 g/mol. The van der Waals surface area contributed by atoms with Crippen LogP contribution in [0.4, 0.5) is 10.6 Å². The van der Waals surface area contributed by atoms with Crippen LogP contribution in [-0.4, -0.2) is 32.6 Å². The minimum atomic E-state index is -1.08. The normalized spacial score (nSPS) is 11.8. The molecule has 2 rings (SSSR count). The van der Waals surface area contributed by atoms with Gasteiger partial charge in [-0.25, -0.2) is 14.8 Å². The van der Waals surface area contributed by atoms with Crippen molar-refractivity contribution in [3.05, 3.63) is 22.7 Å². The maximum atomic E-state index is 11.1. The molecule has 0 aliphatic carbocycles. The Morgan fingerprint density at radius 3 is 2.53 bits per heavy atom. The highest BCUT2D eigenvalue weighted by Gasteiger charge is 2.22. The lowest BCUT2D eigenvalue weighted by Crippen LogP contribution is -2.25. The Morgan fingerprint density at radius 1 is 1.37 bits per heavy atom. The van der Waals surface area contributed by atoms with Crippen LogP contribution in [0.25, 0.3) is 5.65 Å². The summed E-state index contributed by atoms with van der Waals surface area (Å²) in [7, 11) is 1.45. The van der Waals surface area contributed by atoms with E-state index >= 15 is 0 Å². The van der Waals surface area contributed by atoms with Gasteiger partial charge >= 0.3 is 6.09 Å². The van der Waals surface area contributed by atoms with Crippen molar-refractivity contribution in [1.82, 2.24) is 14.4 Å². The first-order valence-corrected chi connectivity index (χ1v) is 6.52. The Labute approximate surface area is 119 Å². The van der Waals surface area contributed by atoms with Crippen LogP contribution in [0.5, 0.6) is 0 Å². The third-order valence-electron chi connectivity index (χ3n) is 2.76. The average Bonchev–Trinajstić information content (AvgIpc) is 2.69. The van der Waals surface area contributed by atoms with Crippen molar-refractivity contribution in [1.29, 1.82) is 0 Å². The van der Waals surface area contributed by atoms with Gasteiger partial charge in [0.25, 0.3) is 0 Å². The summed E-state index contributed by atoms with van der Waals surface area (Å²) in [6.07, 6.45) is 2.57. The van der Waals surface area contributed by atoms with Gasteiger partial charge in [0.15, 0.2) is 11.5 Å². The molecule has 7 heteroatoms. The molecule has 2 aromatic rings. The number of anilines is 1. The van der Waals surface area contributed by atoms with Gasteiger partial charge in [-0.15, -0.1) is 0 Å². The molecule has 0 radical (unpaired) electrons. The summed E-state index contributed by atoms with van der Waals surface area (Å²) in [6.45, 7) is 6.16. The number of imidazole rings is 1. The van der Waals surface area contributed by atoms with E-state index in [9.17, 15) is 4.79 Å². The number of carboxylic acid groups (broad SMARTS) is 1. The van der Waals surface area contributed by atoms with Crippen LogP contribution in [0, 0.1) is 0 Å². The van der Waals surface area contributed by atoms with Crippen LogP contribution >= 0.6 is 15.9 Å². The molecule has 1 amide bonds. The van der Waals surface area contributed by atoms with Gasteiger partial charge in [-0.05, 0) is 15.9 Å². The van der Waals surface area contributed by atoms with E-state index in [-0.39, 0.29) is 5.41 Å². The minimum absolute atomic E-state index is 0.114. The van der Waals surface area contributed by atoms with Gasteiger partial charge in [0.05, 0.1) is 5.69 Å². The number of halogens is 1. The molecule has 0 bridgehead atoms. The van der Waals surface area contributed by atoms with Crippen molar-refractivity contribution in [3.8, 4) is 0 Å². The maximum absolute atomic E-state index is 11.1. The monoisotopic (exact) mass is 326 g/mol. The lowest BCUT2D eigenvalue weighted by atomic mass is 9.93. The van der Waals surface area contributed by atoms with Crippen molar-refractivity contribution in [2.75, 3.05) is 11.9 Å². The third-order valence-corrected chi connectivity index (χ3v) is 3.15. The van der Waals surface area contributed by atoms with Crippen molar-refractivity contribution < 1.29 is 9.90 Å². The van der Waals surface area contributed by atoms with Gasteiger partial charge in [0.2, 0.25) is 0 Å². The lowest BCUT2D eigenvalue weighted by molar-refractivity contribution is 0.203. The second kappa shape index (κ2) is 4.48. The van der Waals surface area contributed by atoms with E-state index in [1.165, 1.54) is 7.05 Å². The zero-order valence-corrected chi connectivity index (χ0v) is 12.8. The highest BCUT2D eigenvalue weighted by atomic mass is 79.9. The fraction of sp³-hybridized carbons (Fsp3) is 0.417. The topological polar surface area (TPSA) is 70.7 Å². The molecule has 0 fully saturated rings. The van der Waals surface area contributed by atoms with Gasteiger partial charge in [0.1, 0.15) is 4.60 Å². The molecule has 0 aromatic carbocycles. The second-order valence-electron chi connectivity index (χ2n) is 5.34. The van der Waals surface area contributed by atoms with Crippen LogP contribution in [0.1, 0.15) is 26.5 Å². The maximum Gasteiger partial charge on any atom is 0.412 e. The molecule has 0 saturated heterocycles. The van der Waals surface area contributed by atoms with Crippen molar-refractivity contribution >= 4 is 33.5 Å². The molecule has 0 atom stereocenters. The van der Waals surface area contributed by atoms with Gasteiger partial charge in [-0.2, -0.15) is 0 Å². The lowest BCUT2D eigenvalue weighted by Gasteiger charge is -2.14. The first-order valence-electron chi connectivity index (χ1n) is 5.72. The van der Waals surface area contributed by atoms with E-state index in [1.54, 1.807) is 10.6 Å². The summed E-state index contributed by atoms with van der Waals surface area (Å²) in [4.78, 5) is 20.8. The second-order valence-corrected chi connectivity index (χ2v) is 6.15. The summed E-state index contributed by atoms with van der Waals surface area (Å²) in [5, 5.41) is 9.09. The third kappa shape index (κ3) is 2.56. The fourth-order valence-corrected chi connectivity index (χ4v) is 2.02. The smallest absolute Gasteiger partial charge is 0.412 e. The summed E-state index contributed by atoms with van der Waals surface area (Å²) in [5.41, 5.74) is 1.29. The Bertz CT molecular complexity index is 645. The molecule has 0 spiro atoms.